The van der Waals surface area contributed by atoms with Crippen LogP contribution in [0.2, 0.25) is 0 Å². The van der Waals surface area contributed by atoms with Crippen LogP contribution in [0, 0.1) is 11.8 Å². The third-order valence-corrected chi connectivity index (χ3v) is 4.83. The molecule has 1 saturated heterocycles. The molecule has 0 aromatic rings. The van der Waals surface area contributed by atoms with E-state index in [0.717, 1.165) is 25.7 Å². The van der Waals surface area contributed by atoms with Crippen LogP contribution in [0.1, 0.15) is 58.8 Å². The number of nitrogens with zero attached hydrogens (tertiary/aromatic N) is 1. The number of piperidine rings is 1. The molecule has 4 atom stereocenters. The fraction of sp³-hybridized carbons (Fsp3) is 0.867. The number of hydrogen-bond acceptors (Lipinski definition) is 3. The van der Waals surface area contributed by atoms with Crippen molar-refractivity contribution in [3.05, 3.63) is 0 Å². The maximum atomic E-state index is 12.4. The van der Waals surface area contributed by atoms with Crippen LogP contribution < -0.4 is 5.43 Å². The van der Waals surface area contributed by atoms with E-state index in [-0.39, 0.29) is 17.7 Å². The first kappa shape index (κ1) is 15.3. The van der Waals surface area contributed by atoms with Gasteiger partial charge in [0.15, 0.2) is 0 Å². The van der Waals surface area contributed by atoms with Crippen LogP contribution in [0.3, 0.4) is 0 Å². The molecule has 5 nitrogen and oxygen atoms in total. The number of hydrogen-bond donors (Lipinski definition) is 2. The van der Waals surface area contributed by atoms with Gasteiger partial charge in [-0.1, -0.05) is 12.8 Å². The summed E-state index contributed by atoms with van der Waals surface area (Å²) in [6.45, 7) is 4.27. The molecule has 0 radical (unpaired) electrons. The first-order chi connectivity index (χ1) is 9.49. The summed E-state index contributed by atoms with van der Waals surface area (Å²) in [7, 11) is 0. The van der Waals surface area contributed by atoms with Crippen molar-refractivity contribution in [2.45, 2.75) is 70.9 Å². The molecule has 1 heterocycles. The van der Waals surface area contributed by atoms with Gasteiger partial charge in [0.2, 0.25) is 5.91 Å². The summed E-state index contributed by atoms with van der Waals surface area (Å²) >= 11 is 0. The van der Waals surface area contributed by atoms with Crippen molar-refractivity contribution in [2.24, 2.45) is 11.8 Å². The number of nitrogens with one attached hydrogen (secondary N) is 1. The van der Waals surface area contributed by atoms with Gasteiger partial charge in [-0.15, -0.1) is 0 Å². The summed E-state index contributed by atoms with van der Waals surface area (Å²) in [6, 6.07) is 0.725. The monoisotopic (exact) mass is 282 g/mol. The lowest BCUT2D eigenvalue weighted by Gasteiger charge is -2.40. The fourth-order valence-corrected chi connectivity index (χ4v) is 3.51. The van der Waals surface area contributed by atoms with Crippen LogP contribution in [0.15, 0.2) is 0 Å². The van der Waals surface area contributed by atoms with Gasteiger partial charge in [-0.3, -0.25) is 15.0 Å². The smallest absolute Gasteiger partial charge is 0.306 e. The van der Waals surface area contributed by atoms with Gasteiger partial charge in [-0.2, -0.15) is 0 Å². The molecule has 2 N–H and O–H groups in total. The third-order valence-electron chi connectivity index (χ3n) is 4.83. The first-order valence-electron chi connectivity index (χ1n) is 7.80. The highest BCUT2D eigenvalue weighted by Gasteiger charge is 2.33. The second-order valence-corrected chi connectivity index (χ2v) is 6.41. The van der Waals surface area contributed by atoms with Crippen LogP contribution in [0.4, 0.5) is 0 Å². The second kappa shape index (κ2) is 6.57. The van der Waals surface area contributed by atoms with Crippen molar-refractivity contribution in [2.75, 3.05) is 0 Å². The van der Waals surface area contributed by atoms with Gasteiger partial charge >= 0.3 is 5.97 Å². The quantitative estimate of drug-likeness (QED) is 0.832. The molecule has 5 heteroatoms. The molecular weight excluding hydrogens is 256 g/mol. The largest absolute Gasteiger partial charge is 0.481 e. The zero-order valence-electron chi connectivity index (χ0n) is 12.5. The number of amides is 1. The molecule has 1 amide bonds. The van der Waals surface area contributed by atoms with Gasteiger partial charge in [-0.05, 0) is 46.0 Å². The number of carboxylic acid groups (broad SMARTS) is 1. The number of carbonyl (C=O) groups is 2. The minimum absolute atomic E-state index is 0.0107. The van der Waals surface area contributed by atoms with E-state index in [9.17, 15) is 9.59 Å². The van der Waals surface area contributed by atoms with E-state index in [2.05, 4.69) is 24.3 Å². The summed E-state index contributed by atoms with van der Waals surface area (Å²) in [5, 5.41) is 11.2. The molecule has 1 aliphatic heterocycles. The number of aliphatic carboxylic acids is 1. The Morgan fingerprint density at radius 2 is 1.55 bits per heavy atom. The highest BCUT2D eigenvalue weighted by atomic mass is 16.4. The van der Waals surface area contributed by atoms with Gasteiger partial charge in [0.1, 0.15) is 0 Å². The lowest BCUT2D eigenvalue weighted by molar-refractivity contribution is -0.145. The van der Waals surface area contributed by atoms with Crippen molar-refractivity contribution in [3.8, 4) is 0 Å². The Morgan fingerprint density at radius 1 is 1.00 bits per heavy atom. The highest BCUT2D eigenvalue weighted by molar-refractivity contribution is 5.79. The Hall–Kier alpha value is -1.10. The zero-order valence-corrected chi connectivity index (χ0v) is 12.5. The Morgan fingerprint density at radius 3 is 2.15 bits per heavy atom. The van der Waals surface area contributed by atoms with Crippen LogP contribution in [-0.2, 0) is 9.59 Å². The summed E-state index contributed by atoms with van der Waals surface area (Å²) in [4.78, 5) is 23.5. The van der Waals surface area contributed by atoms with E-state index in [0.29, 0.717) is 24.9 Å². The van der Waals surface area contributed by atoms with Gasteiger partial charge < -0.3 is 5.11 Å². The van der Waals surface area contributed by atoms with E-state index in [1.807, 2.05) is 0 Å². The zero-order chi connectivity index (χ0) is 14.7. The first-order valence-corrected chi connectivity index (χ1v) is 7.80. The third kappa shape index (κ3) is 3.51. The van der Waals surface area contributed by atoms with Gasteiger partial charge in [0, 0.05) is 18.0 Å². The van der Waals surface area contributed by atoms with Crippen molar-refractivity contribution in [1.29, 1.82) is 0 Å². The normalized spacial score (nSPS) is 35.5. The van der Waals surface area contributed by atoms with E-state index in [1.54, 1.807) is 0 Å². The summed E-state index contributed by atoms with van der Waals surface area (Å²) in [5.74, 6) is -1.25. The topological polar surface area (TPSA) is 69.6 Å². The van der Waals surface area contributed by atoms with Crippen LogP contribution in [-0.4, -0.2) is 34.1 Å². The van der Waals surface area contributed by atoms with Crippen molar-refractivity contribution >= 4 is 11.9 Å². The lowest BCUT2D eigenvalue weighted by atomic mass is 9.81. The SMILES string of the molecule is CC1CCCC(C)N1NC(=O)C1CCCC(C(=O)O)C1. The molecule has 2 fully saturated rings. The standard InChI is InChI=1S/C15H26N2O3/c1-10-5-3-6-11(2)17(10)16-14(18)12-7-4-8-13(9-12)15(19)20/h10-13H,3-9H2,1-2H3,(H,16,18)(H,19,20). The minimum Gasteiger partial charge on any atom is -0.481 e. The van der Waals surface area contributed by atoms with E-state index in [4.69, 9.17) is 5.11 Å². The van der Waals surface area contributed by atoms with E-state index in [1.165, 1.54) is 6.42 Å². The number of carboxylic acids is 1. The predicted molar refractivity (Wildman–Crippen MR) is 75.8 cm³/mol. The Bertz CT molecular complexity index is 362. The summed E-state index contributed by atoms with van der Waals surface area (Å²) < 4.78 is 0. The van der Waals surface area contributed by atoms with Crippen molar-refractivity contribution in [3.63, 3.8) is 0 Å². The number of rotatable bonds is 3. The van der Waals surface area contributed by atoms with Gasteiger partial charge in [0.05, 0.1) is 5.92 Å². The Labute approximate surface area is 120 Å². The Balaban J connectivity index is 1.92. The van der Waals surface area contributed by atoms with Gasteiger partial charge in [0.25, 0.3) is 0 Å². The number of hydrazine groups is 1. The maximum absolute atomic E-state index is 12.4. The van der Waals surface area contributed by atoms with Crippen LogP contribution in [0.25, 0.3) is 0 Å². The lowest BCUT2D eigenvalue weighted by Crippen LogP contribution is -2.55. The van der Waals surface area contributed by atoms with Crippen LogP contribution in [0.5, 0.6) is 0 Å². The fourth-order valence-electron chi connectivity index (χ4n) is 3.51. The number of carbonyl (C=O) groups excluding carboxylic acids is 1. The molecule has 1 saturated carbocycles. The molecule has 0 spiro atoms. The molecule has 114 valence electrons. The van der Waals surface area contributed by atoms with E-state index < -0.39 is 5.97 Å². The molecule has 0 bridgehead atoms. The van der Waals surface area contributed by atoms with Crippen LogP contribution >= 0.6 is 0 Å². The van der Waals surface area contributed by atoms with Crippen molar-refractivity contribution in [1.82, 2.24) is 10.4 Å². The molecule has 2 aliphatic rings. The summed E-state index contributed by atoms with van der Waals surface area (Å²) in [5.41, 5.74) is 3.05. The molecule has 2 rings (SSSR count). The van der Waals surface area contributed by atoms with Crippen molar-refractivity contribution < 1.29 is 14.7 Å². The highest BCUT2D eigenvalue weighted by Crippen LogP contribution is 2.30. The second-order valence-electron chi connectivity index (χ2n) is 6.41. The predicted octanol–water partition coefficient (Wildman–Crippen LogP) is 2.17. The molecule has 0 aromatic carbocycles. The average Bonchev–Trinajstić information content (AvgIpc) is 2.43. The maximum Gasteiger partial charge on any atom is 0.306 e. The molecule has 1 aliphatic carbocycles. The molecule has 4 unspecified atom stereocenters. The summed E-state index contributed by atoms with van der Waals surface area (Å²) in [6.07, 6.45) is 6.25. The molecule has 0 aromatic heterocycles. The minimum atomic E-state index is -0.762. The molecule has 20 heavy (non-hydrogen) atoms. The van der Waals surface area contributed by atoms with Gasteiger partial charge in [-0.25, -0.2) is 5.01 Å². The van der Waals surface area contributed by atoms with E-state index >= 15 is 0 Å². The average molecular weight is 282 g/mol. The molecular formula is C15H26N2O3. The Kier molecular flexibility index (Phi) is 5.02.